The van der Waals surface area contributed by atoms with Crippen LogP contribution in [0, 0.1) is 5.92 Å². The smallest absolute Gasteiger partial charge is 0.387 e. The topological polar surface area (TPSA) is 50.4 Å². The Morgan fingerprint density at radius 2 is 2.10 bits per heavy atom. The molecule has 116 valence electrons. The van der Waals surface area contributed by atoms with Gasteiger partial charge in [0, 0.05) is 10.9 Å². The molecule has 0 saturated carbocycles. The summed E-state index contributed by atoms with van der Waals surface area (Å²) >= 11 is 9.00. The summed E-state index contributed by atoms with van der Waals surface area (Å²) in [6.07, 6.45) is 1.41. The van der Waals surface area contributed by atoms with Gasteiger partial charge in [0.2, 0.25) is 5.91 Å². The minimum absolute atomic E-state index is 0.128. The molecule has 1 heterocycles. The second-order valence-corrected chi connectivity index (χ2v) is 5.95. The van der Waals surface area contributed by atoms with Crippen LogP contribution in [0.15, 0.2) is 16.6 Å². The van der Waals surface area contributed by atoms with E-state index in [0.29, 0.717) is 17.9 Å². The number of rotatable bonds is 4. The van der Waals surface area contributed by atoms with Crippen LogP contribution in [0.5, 0.6) is 5.75 Å². The van der Waals surface area contributed by atoms with Gasteiger partial charge in [-0.3, -0.25) is 4.79 Å². The van der Waals surface area contributed by atoms with Crippen LogP contribution in [0.25, 0.3) is 0 Å². The Bertz CT molecular complexity index is 525. The SMILES string of the molecule is O=C(Nc1cc(Cl)cc(Br)c1OC(F)F)C1CCNCC1. The number of carbonyl (C=O) groups is 1. The highest BCUT2D eigenvalue weighted by Crippen LogP contribution is 2.38. The molecule has 1 fully saturated rings. The Labute approximate surface area is 134 Å². The van der Waals surface area contributed by atoms with Crippen LogP contribution in [0.2, 0.25) is 5.02 Å². The van der Waals surface area contributed by atoms with Gasteiger partial charge in [0.1, 0.15) is 0 Å². The number of benzene rings is 1. The molecule has 8 heteroatoms. The van der Waals surface area contributed by atoms with Gasteiger partial charge in [-0.05, 0) is 54.0 Å². The van der Waals surface area contributed by atoms with Gasteiger partial charge in [0.25, 0.3) is 0 Å². The monoisotopic (exact) mass is 382 g/mol. The Balaban J connectivity index is 2.19. The number of anilines is 1. The Morgan fingerprint density at radius 3 is 2.71 bits per heavy atom. The molecule has 0 radical (unpaired) electrons. The number of nitrogens with one attached hydrogen (secondary N) is 2. The molecule has 1 saturated heterocycles. The highest BCUT2D eigenvalue weighted by Gasteiger charge is 2.23. The van der Waals surface area contributed by atoms with Gasteiger partial charge in [-0.2, -0.15) is 8.78 Å². The number of piperidine rings is 1. The fraction of sp³-hybridized carbons (Fsp3) is 0.462. The zero-order valence-electron chi connectivity index (χ0n) is 11.0. The molecule has 1 aromatic rings. The lowest BCUT2D eigenvalue weighted by molar-refractivity contribution is -0.120. The van der Waals surface area contributed by atoms with E-state index in [1.807, 2.05) is 0 Å². The second kappa shape index (κ2) is 7.38. The molecule has 1 aromatic carbocycles. The van der Waals surface area contributed by atoms with E-state index in [1.165, 1.54) is 12.1 Å². The van der Waals surface area contributed by atoms with E-state index < -0.39 is 6.61 Å². The second-order valence-electron chi connectivity index (χ2n) is 4.66. The Kier molecular flexibility index (Phi) is 5.78. The Hall–Kier alpha value is -0.920. The average Bonchev–Trinajstić information content (AvgIpc) is 2.43. The molecule has 0 aromatic heterocycles. The van der Waals surface area contributed by atoms with E-state index in [9.17, 15) is 13.6 Å². The van der Waals surface area contributed by atoms with Crippen LogP contribution in [0.4, 0.5) is 14.5 Å². The van der Waals surface area contributed by atoms with Gasteiger partial charge in [-0.25, -0.2) is 0 Å². The molecule has 0 spiro atoms. The summed E-state index contributed by atoms with van der Waals surface area (Å²) in [6, 6.07) is 2.82. The number of ether oxygens (including phenoxy) is 1. The first-order valence-corrected chi connectivity index (χ1v) is 7.60. The first kappa shape index (κ1) is 16.5. The Morgan fingerprint density at radius 1 is 1.43 bits per heavy atom. The van der Waals surface area contributed by atoms with Crippen LogP contribution in [0.3, 0.4) is 0 Å². The van der Waals surface area contributed by atoms with Gasteiger partial charge in [0.05, 0.1) is 10.2 Å². The molecule has 2 rings (SSSR count). The zero-order valence-corrected chi connectivity index (χ0v) is 13.3. The van der Waals surface area contributed by atoms with E-state index in [-0.39, 0.29) is 27.7 Å². The quantitative estimate of drug-likeness (QED) is 0.834. The van der Waals surface area contributed by atoms with E-state index in [4.69, 9.17) is 11.6 Å². The number of halogens is 4. The normalized spacial score (nSPS) is 16.0. The standard InChI is InChI=1S/C13H14BrClF2N2O2/c14-9-5-8(15)6-10(11(9)21-13(16)17)19-12(20)7-1-3-18-4-2-7/h5-7,13,18H,1-4H2,(H,19,20). The maximum atomic E-state index is 12.5. The van der Waals surface area contributed by atoms with Crippen molar-refractivity contribution in [1.82, 2.24) is 5.32 Å². The highest BCUT2D eigenvalue weighted by atomic mass is 79.9. The molecule has 1 aliphatic rings. The van der Waals surface area contributed by atoms with Crippen molar-refractivity contribution >= 4 is 39.1 Å². The van der Waals surface area contributed by atoms with E-state index >= 15 is 0 Å². The van der Waals surface area contributed by atoms with Crippen molar-refractivity contribution < 1.29 is 18.3 Å². The minimum Gasteiger partial charge on any atom is -0.431 e. The molecule has 0 unspecified atom stereocenters. The summed E-state index contributed by atoms with van der Waals surface area (Å²) in [4.78, 5) is 12.2. The number of carbonyl (C=O) groups excluding carboxylic acids is 1. The maximum Gasteiger partial charge on any atom is 0.387 e. The molecule has 0 atom stereocenters. The van der Waals surface area contributed by atoms with Gasteiger partial charge >= 0.3 is 6.61 Å². The minimum atomic E-state index is -2.99. The molecule has 4 nitrogen and oxygen atoms in total. The molecule has 0 aliphatic carbocycles. The van der Waals surface area contributed by atoms with Gasteiger partial charge in [-0.15, -0.1) is 0 Å². The van der Waals surface area contributed by atoms with Crippen molar-refractivity contribution in [3.63, 3.8) is 0 Å². The van der Waals surface area contributed by atoms with Crippen molar-refractivity contribution in [3.05, 3.63) is 21.6 Å². The number of amides is 1. The van der Waals surface area contributed by atoms with Gasteiger partial charge in [0.15, 0.2) is 5.75 Å². The zero-order chi connectivity index (χ0) is 15.4. The van der Waals surface area contributed by atoms with Crippen LogP contribution in [0.1, 0.15) is 12.8 Å². The first-order valence-electron chi connectivity index (χ1n) is 6.43. The molecule has 1 aliphatic heterocycles. The lowest BCUT2D eigenvalue weighted by Gasteiger charge is -2.22. The van der Waals surface area contributed by atoms with E-state index in [2.05, 4.69) is 31.3 Å². The highest BCUT2D eigenvalue weighted by molar-refractivity contribution is 9.10. The molecule has 0 bridgehead atoms. The van der Waals surface area contributed by atoms with Crippen molar-refractivity contribution in [1.29, 1.82) is 0 Å². The average molecular weight is 384 g/mol. The van der Waals surface area contributed by atoms with Crippen LogP contribution >= 0.6 is 27.5 Å². The van der Waals surface area contributed by atoms with Crippen molar-refractivity contribution in [2.45, 2.75) is 19.5 Å². The van der Waals surface area contributed by atoms with Crippen molar-refractivity contribution in [2.24, 2.45) is 5.92 Å². The van der Waals surface area contributed by atoms with Crippen LogP contribution in [-0.2, 0) is 4.79 Å². The van der Waals surface area contributed by atoms with Crippen LogP contribution in [-0.4, -0.2) is 25.6 Å². The van der Waals surface area contributed by atoms with Crippen molar-refractivity contribution in [3.8, 4) is 5.75 Å². The number of hydrogen-bond acceptors (Lipinski definition) is 3. The summed E-state index contributed by atoms with van der Waals surface area (Å²) in [5.74, 6) is -0.495. The summed E-state index contributed by atoms with van der Waals surface area (Å²) < 4.78 is 29.7. The third-order valence-electron chi connectivity index (χ3n) is 3.18. The number of alkyl halides is 2. The predicted molar refractivity (Wildman–Crippen MR) is 80.0 cm³/mol. The first-order chi connectivity index (χ1) is 9.97. The molecular weight excluding hydrogens is 370 g/mol. The third kappa shape index (κ3) is 4.52. The maximum absolute atomic E-state index is 12.5. The predicted octanol–water partition coefficient (Wildman–Crippen LogP) is 3.64. The van der Waals surface area contributed by atoms with E-state index in [1.54, 1.807) is 0 Å². The molecule has 2 N–H and O–H groups in total. The summed E-state index contributed by atoms with van der Waals surface area (Å²) in [6.45, 7) is -1.47. The molecule has 21 heavy (non-hydrogen) atoms. The van der Waals surface area contributed by atoms with Crippen molar-refractivity contribution in [2.75, 3.05) is 18.4 Å². The van der Waals surface area contributed by atoms with E-state index in [0.717, 1.165) is 13.1 Å². The lowest BCUT2D eigenvalue weighted by Crippen LogP contribution is -2.34. The fourth-order valence-electron chi connectivity index (χ4n) is 2.18. The molecule has 1 amide bonds. The van der Waals surface area contributed by atoms with Gasteiger partial charge < -0.3 is 15.4 Å². The summed E-state index contributed by atoms with van der Waals surface area (Å²) in [5.41, 5.74) is 0.137. The summed E-state index contributed by atoms with van der Waals surface area (Å²) in [7, 11) is 0. The van der Waals surface area contributed by atoms with Gasteiger partial charge in [-0.1, -0.05) is 11.6 Å². The lowest BCUT2D eigenvalue weighted by atomic mass is 9.97. The number of hydrogen-bond donors (Lipinski definition) is 2. The third-order valence-corrected chi connectivity index (χ3v) is 3.99. The molecular formula is C13H14BrClF2N2O2. The van der Waals surface area contributed by atoms with Crippen LogP contribution < -0.4 is 15.4 Å². The summed E-state index contributed by atoms with van der Waals surface area (Å²) in [5, 5.41) is 6.09. The fourth-order valence-corrected chi connectivity index (χ4v) is 3.08. The largest absolute Gasteiger partial charge is 0.431 e.